The molecule has 124 valence electrons. The molecule has 2 aliphatic carbocycles. The van der Waals surface area contributed by atoms with Gasteiger partial charge in [0, 0.05) is 17.7 Å². The maximum atomic E-state index is 4.16. The molecule has 0 radical (unpaired) electrons. The fraction of sp³-hybridized carbons (Fsp3) is 0.571. The van der Waals surface area contributed by atoms with E-state index in [0.717, 1.165) is 38.8 Å². The molecule has 1 heterocycles. The molecule has 0 aromatic rings. The number of hydrogen-bond donors (Lipinski definition) is 2. The first kappa shape index (κ1) is 16.5. The monoisotopic (exact) mass is 310 g/mol. The molecule has 1 aliphatic heterocycles. The molecule has 2 fully saturated rings. The molecule has 0 bridgehead atoms. The highest BCUT2D eigenvalue weighted by Crippen LogP contribution is 2.35. The highest BCUT2D eigenvalue weighted by Gasteiger charge is 2.18. The molecular weight excluding hydrogens is 280 g/mol. The second-order valence-corrected chi connectivity index (χ2v) is 7.19. The van der Waals surface area contributed by atoms with Gasteiger partial charge in [0.15, 0.2) is 0 Å². The molecular formula is C21H30N2. The quantitative estimate of drug-likeness (QED) is 0.748. The molecule has 0 spiro atoms. The Kier molecular flexibility index (Phi) is 5.72. The zero-order valence-corrected chi connectivity index (χ0v) is 14.5. The van der Waals surface area contributed by atoms with Crippen LogP contribution in [0.1, 0.15) is 51.9 Å². The zero-order valence-electron chi connectivity index (χ0n) is 14.5. The van der Waals surface area contributed by atoms with Crippen LogP contribution in [0.5, 0.6) is 0 Å². The van der Waals surface area contributed by atoms with Crippen LogP contribution in [0.4, 0.5) is 0 Å². The summed E-state index contributed by atoms with van der Waals surface area (Å²) in [5.74, 6) is 0. The molecule has 2 N–H and O–H groups in total. The summed E-state index contributed by atoms with van der Waals surface area (Å²) in [5.41, 5.74) is 8.94. The molecule has 1 saturated heterocycles. The van der Waals surface area contributed by atoms with Crippen LogP contribution in [0.3, 0.4) is 0 Å². The van der Waals surface area contributed by atoms with Crippen LogP contribution < -0.4 is 10.6 Å². The van der Waals surface area contributed by atoms with Crippen LogP contribution in [0.2, 0.25) is 0 Å². The topological polar surface area (TPSA) is 24.1 Å². The Bertz CT molecular complexity index is 573. The maximum Gasteiger partial charge on any atom is 0.0219 e. The zero-order chi connectivity index (χ0) is 16.1. The third kappa shape index (κ3) is 4.57. The lowest BCUT2D eigenvalue weighted by molar-refractivity contribution is 0.471. The Hall–Kier alpha value is -1.34. The summed E-state index contributed by atoms with van der Waals surface area (Å²) in [5, 5.41) is 7.41. The number of fused-ring (bicyclic) bond motifs is 1. The molecule has 2 atom stereocenters. The molecule has 23 heavy (non-hydrogen) atoms. The fourth-order valence-corrected chi connectivity index (χ4v) is 3.79. The second-order valence-electron chi connectivity index (χ2n) is 7.19. The Balaban J connectivity index is 1.64. The lowest BCUT2D eigenvalue weighted by atomic mass is 9.96. The minimum absolute atomic E-state index is 0.590. The molecule has 3 rings (SSSR count). The molecule has 2 heteroatoms. The number of nitrogens with one attached hydrogen (secondary N) is 2. The average molecular weight is 310 g/mol. The van der Waals surface area contributed by atoms with Gasteiger partial charge in [0.25, 0.3) is 0 Å². The minimum Gasteiger partial charge on any atom is -0.314 e. The van der Waals surface area contributed by atoms with E-state index in [4.69, 9.17) is 0 Å². The van der Waals surface area contributed by atoms with Crippen molar-refractivity contribution in [3.63, 3.8) is 0 Å². The first-order valence-corrected chi connectivity index (χ1v) is 9.21. The minimum atomic E-state index is 0.590. The van der Waals surface area contributed by atoms with Crippen molar-refractivity contribution in [2.24, 2.45) is 0 Å². The van der Waals surface area contributed by atoms with E-state index in [1.807, 2.05) is 0 Å². The molecule has 1 saturated carbocycles. The number of allylic oxidation sites excluding steroid dienone is 5. The van der Waals surface area contributed by atoms with E-state index in [2.05, 4.69) is 48.1 Å². The van der Waals surface area contributed by atoms with Gasteiger partial charge in [0.2, 0.25) is 0 Å². The summed E-state index contributed by atoms with van der Waals surface area (Å²) < 4.78 is 0. The van der Waals surface area contributed by atoms with Crippen LogP contribution in [-0.4, -0.2) is 25.2 Å². The standard InChI is InChI=1S/C21H30N2/c1-16-8-10-19-11-9-18(6-3-7-21(16)19)15-20-12-14-22-17(2)5-4-13-23-20/h3,6,11,17,20,22-23H,1,4-5,8-10,12-15H2,2H3/b18-6+,19-11-. The number of rotatable bonds is 2. The van der Waals surface area contributed by atoms with Gasteiger partial charge in [-0.25, -0.2) is 0 Å². The largest absolute Gasteiger partial charge is 0.314 e. The van der Waals surface area contributed by atoms with E-state index in [1.54, 1.807) is 0 Å². The van der Waals surface area contributed by atoms with Gasteiger partial charge in [0.1, 0.15) is 0 Å². The van der Waals surface area contributed by atoms with Gasteiger partial charge in [-0.05, 0) is 82.2 Å². The molecule has 0 aromatic carbocycles. The van der Waals surface area contributed by atoms with Crippen molar-refractivity contribution in [3.8, 4) is 0 Å². The van der Waals surface area contributed by atoms with Crippen molar-refractivity contribution in [3.05, 3.63) is 52.8 Å². The molecule has 2 unspecified atom stereocenters. The third-order valence-electron chi connectivity index (χ3n) is 5.27. The first-order valence-electron chi connectivity index (χ1n) is 9.21. The van der Waals surface area contributed by atoms with E-state index < -0.39 is 0 Å². The van der Waals surface area contributed by atoms with Crippen molar-refractivity contribution in [1.29, 1.82) is 0 Å². The van der Waals surface area contributed by atoms with Crippen molar-refractivity contribution in [2.75, 3.05) is 13.1 Å². The Morgan fingerprint density at radius 1 is 1.22 bits per heavy atom. The van der Waals surface area contributed by atoms with Crippen LogP contribution >= 0.6 is 0 Å². The summed E-state index contributed by atoms with van der Waals surface area (Å²) in [6, 6.07) is 1.25. The summed E-state index contributed by atoms with van der Waals surface area (Å²) in [4.78, 5) is 0. The molecule has 0 amide bonds. The normalized spacial score (nSPS) is 33.8. The maximum absolute atomic E-state index is 4.16. The first-order chi connectivity index (χ1) is 11.2. The Morgan fingerprint density at radius 2 is 2.13 bits per heavy atom. The Morgan fingerprint density at radius 3 is 3.04 bits per heavy atom. The van der Waals surface area contributed by atoms with Gasteiger partial charge in [-0.3, -0.25) is 0 Å². The Labute approximate surface area is 141 Å². The van der Waals surface area contributed by atoms with E-state index in [9.17, 15) is 0 Å². The summed E-state index contributed by atoms with van der Waals surface area (Å²) in [6.07, 6.45) is 15.0. The van der Waals surface area contributed by atoms with E-state index in [-0.39, 0.29) is 0 Å². The van der Waals surface area contributed by atoms with Gasteiger partial charge in [-0.1, -0.05) is 24.3 Å². The van der Waals surface area contributed by atoms with Gasteiger partial charge in [-0.15, -0.1) is 5.73 Å². The predicted molar refractivity (Wildman–Crippen MR) is 98.5 cm³/mol. The van der Waals surface area contributed by atoms with Crippen LogP contribution in [0, 0.1) is 0 Å². The number of hydrogen-bond acceptors (Lipinski definition) is 2. The summed E-state index contributed by atoms with van der Waals surface area (Å²) in [7, 11) is 0. The van der Waals surface area contributed by atoms with E-state index in [0.29, 0.717) is 12.1 Å². The third-order valence-corrected chi connectivity index (χ3v) is 5.27. The smallest absolute Gasteiger partial charge is 0.0219 e. The van der Waals surface area contributed by atoms with Gasteiger partial charge in [-0.2, -0.15) is 0 Å². The molecule has 2 nitrogen and oxygen atoms in total. The lowest BCUT2D eigenvalue weighted by Gasteiger charge is -2.19. The SMILES string of the molecule is C=C1CC/C2=C/C/C(CC3CCNC(C)CCCN3)=C\C=C=C12. The average Bonchev–Trinajstić information content (AvgIpc) is 2.89. The lowest BCUT2D eigenvalue weighted by Crippen LogP contribution is -2.33. The van der Waals surface area contributed by atoms with E-state index >= 15 is 0 Å². The fourth-order valence-electron chi connectivity index (χ4n) is 3.79. The van der Waals surface area contributed by atoms with Gasteiger partial charge < -0.3 is 10.6 Å². The van der Waals surface area contributed by atoms with Crippen LogP contribution in [0.15, 0.2) is 52.8 Å². The van der Waals surface area contributed by atoms with Gasteiger partial charge >= 0.3 is 0 Å². The summed E-state index contributed by atoms with van der Waals surface area (Å²) in [6.45, 7) is 8.72. The van der Waals surface area contributed by atoms with Crippen LogP contribution in [-0.2, 0) is 0 Å². The van der Waals surface area contributed by atoms with Crippen molar-refractivity contribution in [2.45, 2.75) is 64.0 Å². The van der Waals surface area contributed by atoms with E-state index in [1.165, 1.54) is 41.6 Å². The molecule has 0 aromatic heterocycles. The molecule has 3 aliphatic rings. The predicted octanol–water partition coefficient (Wildman–Crippen LogP) is 4.18. The van der Waals surface area contributed by atoms with Crippen molar-refractivity contribution >= 4 is 0 Å². The highest BCUT2D eigenvalue weighted by atomic mass is 15.0. The highest BCUT2D eigenvalue weighted by molar-refractivity contribution is 5.51. The van der Waals surface area contributed by atoms with Gasteiger partial charge in [0.05, 0.1) is 0 Å². The van der Waals surface area contributed by atoms with Crippen molar-refractivity contribution in [1.82, 2.24) is 10.6 Å². The summed E-state index contributed by atoms with van der Waals surface area (Å²) >= 11 is 0. The second kappa shape index (κ2) is 7.97. The van der Waals surface area contributed by atoms with Crippen LogP contribution in [0.25, 0.3) is 0 Å². The van der Waals surface area contributed by atoms with Crippen molar-refractivity contribution < 1.29 is 0 Å².